The van der Waals surface area contributed by atoms with Crippen molar-refractivity contribution in [2.24, 2.45) is 4.99 Å². The van der Waals surface area contributed by atoms with Crippen LogP contribution in [0.5, 0.6) is 5.75 Å². The largest absolute Gasteiger partial charge is 0.491 e. The number of hydrogen-bond acceptors (Lipinski definition) is 5. The summed E-state index contributed by atoms with van der Waals surface area (Å²) in [5.41, 5.74) is 4.27. The van der Waals surface area contributed by atoms with Crippen molar-refractivity contribution in [2.45, 2.75) is 32.5 Å². The number of rotatable bonds is 5. The highest BCUT2D eigenvalue weighted by atomic mass is 16.5. The number of ether oxygens (including phenoxy) is 2. The van der Waals surface area contributed by atoms with E-state index in [1.165, 1.54) is 0 Å². The van der Waals surface area contributed by atoms with E-state index in [1.54, 1.807) is 7.11 Å². The minimum absolute atomic E-state index is 0.162. The third kappa shape index (κ3) is 3.12. The van der Waals surface area contributed by atoms with Gasteiger partial charge in [0.25, 0.3) is 0 Å². The van der Waals surface area contributed by atoms with Crippen LogP contribution in [0.2, 0.25) is 0 Å². The zero-order valence-electron chi connectivity index (χ0n) is 14.9. The monoisotopic (exact) mass is 337 g/mol. The zero-order valence-corrected chi connectivity index (χ0v) is 14.9. The number of hydrogen-bond donors (Lipinski definition) is 0. The molecule has 0 amide bonds. The summed E-state index contributed by atoms with van der Waals surface area (Å²) in [4.78, 5) is 11.5. The van der Waals surface area contributed by atoms with Gasteiger partial charge in [0.05, 0.1) is 23.6 Å². The Morgan fingerprint density at radius 2 is 2.08 bits per heavy atom. The first-order valence-corrected chi connectivity index (χ1v) is 8.78. The third-order valence-electron chi connectivity index (χ3n) is 4.65. The van der Waals surface area contributed by atoms with Crippen LogP contribution >= 0.6 is 0 Å². The van der Waals surface area contributed by atoms with Crippen LogP contribution in [0.3, 0.4) is 0 Å². The Hall–Kier alpha value is -2.40. The van der Waals surface area contributed by atoms with Gasteiger partial charge >= 0.3 is 0 Å². The van der Waals surface area contributed by atoms with Crippen molar-refractivity contribution in [3.63, 3.8) is 0 Å². The molecule has 25 heavy (non-hydrogen) atoms. The van der Waals surface area contributed by atoms with Crippen LogP contribution in [0.25, 0.3) is 0 Å². The molecule has 1 saturated heterocycles. The summed E-state index contributed by atoms with van der Waals surface area (Å²) in [5.74, 6) is 1.88. The van der Waals surface area contributed by atoms with Crippen molar-refractivity contribution in [3.8, 4) is 5.75 Å². The Morgan fingerprint density at radius 1 is 1.20 bits per heavy atom. The van der Waals surface area contributed by atoms with E-state index in [-0.39, 0.29) is 6.10 Å². The van der Waals surface area contributed by atoms with Crippen LogP contribution in [0.1, 0.15) is 31.4 Å². The fourth-order valence-electron chi connectivity index (χ4n) is 3.36. The van der Waals surface area contributed by atoms with E-state index in [1.807, 2.05) is 38.2 Å². The molecule has 1 fully saturated rings. The second-order valence-electron chi connectivity index (χ2n) is 6.80. The predicted molar refractivity (Wildman–Crippen MR) is 99.4 cm³/mol. The summed E-state index contributed by atoms with van der Waals surface area (Å²) in [7, 11) is 1.77. The molecule has 0 aliphatic carbocycles. The van der Waals surface area contributed by atoms with Gasteiger partial charge < -0.3 is 14.4 Å². The number of pyridine rings is 1. The van der Waals surface area contributed by atoms with Gasteiger partial charge in [0, 0.05) is 37.5 Å². The molecule has 4 rings (SSSR count). The van der Waals surface area contributed by atoms with E-state index in [4.69, 9.17) is 9.47 Å². The van der Waals surface area contributed by atoms with Crippen LogP contribution in [0.15, 0.2) is 41.5 Å². The standard InChI is InChI=1S/C20H23N3O2/c1-13(2)25-15-4-5-18-17(11-15)20(22-18)14-6-8-21-19(10-14)23-9-7-16(12-23)24-3/h4-6,8,10-11,13,16H,7,9,12H2,1-3H3. The van der Waals surface area contributed by atoms with E-state index in [9.17, 15) is 0 Å². The number of anilines is 1. The molecular weight excluding hydrogens is 314 g/mol. The second kappa shape index (κ2) is 6.48. The van der Waals surface area contributed by atoms with Crippen molar-refractivity contribution in [3.05, 3.63) is 47.7 Å². The van der Waals surface area contributed by atoms with Gasteiger partial charge in [-0.2, -0.15) is 0 Å². The molecule has 130 valence electrons. The Kier molecular flexibility index (Phi) is 4.17. The average molecular weight is 337 g/mol. The van der Waals surface area contributed by atoms with Gasteiger partial charge in [0.15, 0.2) is 0 Å². The van der Waals surface area contributed by atoms with E-state index in [0.29, 0.717) is 6.10 Å². The van der Waals surface area contributed by atoms with Crippen molar-refractivity contribution in [1.82, 2.24) is 4.98 Å². The van der Waals surface area contributed by atoms with Crippen molar-refractivity contribution in [2.75, 3.05) is 25.1 Å². The molecule has 0 bridgehead atoms. The molecule has 1 unspecified atom stereocenters. The van der Waals surface area contributed by atoms with Crippen LogP contribution in [0, 0.1) is 0 Å². The molecule has 0 N–H and O–H groups in total. The van der Waals surface area contributed by atoms with E-state index in [0.717, 1.165) is 53.6 Å². The minimum Gasteiger partial charge on any atom is -0.491 e. The third-order valence-corrected chi connectivity index (χ3v) is 4.65. The molecule has 1 atom stereocenters. The summed E-state index contributed by atoms with van der Waals surface area (Å²) in [6.07, 6.45) is 3.36. The van der Waals surface area contributed by atoms with E-state index in [2.05, 4.69) is 27.0 Å². The molecular formula is C20H23N3O2. The van der Waals surface area contributed by atoms with Gasteiger partial charge in [-0.3, -0.25) is 0 Å². The Balaban J connectivity index is 1.57. The van der Waals surface area contributed by atoms with Crippen molar-refractivity contribution < 1.29 is 9.47 Å². The van der Waals surface area contributed by atoms with Crippen LogP contribution in [0.4, 0.5) is 11.5 Å². The van der Waals surface area contributed by atoms with Gasteiger partial charge in [-0.1, -0.05) is 0 Å². The SMILES string of the molecule is COC1CCN(c2cc(C3=Nc4ccc(OC(C)C)cc43)ccn2)C1. The van der Waals surface area contributed by atoms with E-state index >= 15 is 0 Å². The maximum absolute atomic E-state index is 5.81. The maximum atomic E-state index is 5.81. The summed E-state index contributed by atoms with van der Waals surface area (Å²) in [5, 5.41) is 0. The Morgan fingerprint density at radius 3 is 2.84 bits per heavy atom. The molecule has 1 aromatic heterocycles. The fraction of sp³-hybridized carbons (Fsp3) is 0.400. The fourth-order valence-corrected chi connectivity index (χ4v) is 3.36. The quantitative estimate of drug-likeness (QED) is 0.714. The van der Waals surface area contributed by atoms with Gasteiger partial charge in [-0.15, -0.1) is 0 Å². The molecule has 0 saturated carbocycles. The number of aromatic nitrogens is 1. The zero-order chi connectivity index (χ0) is 17.4. The smallest absolute Gasteiger partial charge is 0.129 e. The summed E-state index contributed by atoms with van der Waals surface area (Å²) < 4.78 is 11.3. The molecule has 3 heterocycles. The number of fused-ring (bicyclic) bond motifs is 1. The molecule has 1 aromatic carbocycles. The van der Waals surface area contributed by atoms with Gasteiger partial charge in [-0.25, -0.2) is 9.98 Å². The Bertz CT molecular complexity index is 816. The highest BCUT2D eigenvalue weighted by molar-refractivity contribution is 6.22. The normalized spacial score (nSPS) is 18.8. The molecule has 2 aliphatic heterocycles. The predicted octanol–water partition coefficient (Wildman–Crippen LogP) is 3.58. The van der Waals surface area contributed by atoms with Crippen molar-refractivity contribution in [1.29, 1.82) is 0 Å². The first kappa shape index (κ1) is 16.1. The summed E-state index contributed by atoms with van der Waals surface area (Å²) in [6, 6.07) is 10.2. The number of aliphatic imine (C=N–C) groups is 1. The maximum Gasteiger partial charge on any atom is 0.129 e. The van der Waals surface area contributed by atoms with Crippen LogP contribution in [-0.4, -0.2) is 43.1 Å². The number of methoxy groups -OCH3 is 1. The highest BCUT2D eigenvalue weighted by Crippen LogP contribution is 2.36. The topological polar surface area (TPSA) is 47.0 Å². The summed E-state index contributed by atoms with van der Waals surface area (Å²) in [6.45, 7) is 5.94. The number of benzene rings is 1. The van der Waals surface area contributed by atoms with Crippen molar-refractivity contribution >= 4 is 17.2 Å². The molecule has 5 heteroatoms. The highest BCUT2D eigenvalue weighted by Gasteiger charge is 2.25. The molecule has 2 aliphatic rings. The first-order valence-electron chi connectivity index (χ1n) is 8.78. The van der Waals surface area contributed by atoms with Gasteiger partial charge in [0.1, 0.15) is 11.6 Å². The summed E-state index contributed by atoms with van der Waals surface area (Å²) >= 11 is 0. The first-order chi connectivity index (χ1) is 12.1. The average Bonchev–Trinajstić information content (AvgIpc) is 3.06. The minimum atomic E-state index is 0.162. The van der Waals surface area contributed by atoms with E-state index < -0.39 is 0 Å². The molecule has 0 radical (unpaired) electrons. The lowest BCUT2D eigenvalue weighted by Crippen LogP contribution is -2.23. The lowest BCUT2D eigenvalue weighted by molar-refractivity contribution is 0.121. The van der Waals surface area contributed by atoms with Crippen LogP contribution < -0.4 is 9.64 Å². The van der Waals surface area contributed by atoms with Crippen LogP contribution in [-0.2, 0) is 4.74 Å². The lowest BCUT2D eigenvalue weighted by Gasteiger charge is -2.22. The lowest BCUT2D eigenvalue weighted by atomic mass is 9.96. The number of nitrogens with zero attached hydrogens (tertiary/aromatic N) is 3. The van der Waals surface area contributed by atoms with Gasteiger partial charge in [-0.05, 0) is 50.6 Å². The molecule has 5 nitrogen and oxygen atoms in total. The molecule has 0 spiro atoms. The molecule has 2 aromatic rings. The second-order valence-corrected chi connectivity index (χ2v) is 6.80. The van der Waals surface area contributed by atoms with Gasteiger partial charge in [0.2, 0.25) is 0 Å². The Labute approximate surface area is 148 Å².